The van der Waals surface area contributed by atoms with E-state index in [4.69, 9.17) is 23.2 Å². The fourth-order valence-corrected chi connectivity index (χ4v) is 3.74. The second-order valence-electron chi connectivity index (χ2n) is 5.14. The molecule has 0 aliphatic carbocycles. The summed E-state index contributed by atoms with van der Waals surface area (Å²) in [6, 6.07) is 4.49. The van der Waals surface area contributed by atoms with E-state index < -0.39 is 0 Å². The largest absolute Gasteiger partial charge is 0.336 e. The first kappa shape index (κ1) is 15.6. The molecule has 1 aromatic carbocycles. The summed E-state index contributed by atoms with van der Waals surface area (Å²) < 4.78 is 0. The lowest BCUT2D eigenvalue weighted by atomic mass is 10.2. The fourth-order valence-electron chi connectivity index (χ4n) is 2.67. The van der Waals surface area contributed by atoms with Crippen molar-refractivity contribution in [3.05, 3.63) is 33.8 Å². The summed E-state index contributed by atoms with van der Waals surface area (Å²) in [7, 11) is 0. The van der Waals surface area contributed by atoms with E-state index in [0.29, 0.717) is 35.1 Å². The predicted molar refractivity (Wildman–Crippen MR) is 85.5 cm³/mol. The number of benzene rings is 1. The summed E-state index contributed by atoms with van der Waals surface area (Å²) in [6.07, 6.45) is 0.602. The normalized spacial score (nSPS) is 21.8. The molecule has 2 aliphatic rings. The first-order valence-electron chi connectivity index (χ1n) is 6.70. The third kappa shape index (κ3) is 2.83. The van der Waals surface area contributed by atoms with Crippen LogP contribution in [0, 0.1) is 0 Å². The lowest BCUT2D eigenvalue weighted by molar-refractivity contribution is -0.126. The highest BCUT2D eigenvalue weighted by Gasteiger charge is 2.40. The van der Waals surface area contributed by atoms with Crippen LogP contribution in [-0.2, 0) is 4.79 Å². The average molecular weight is 359 g/mol. The van der Waals surface area contributed by atoms with Crippen LogP contribution in [0.5, 0.6) is 0 Å². The van der Waals surface area contributed by atoms with Crippen molar-refractivity contribution in [2.45, 2.75) is 12.5 Å². The Morgan fingerprint density at radius 2 is 2.00 bits per heavy atom. The highest BCUT2D eigenvalue weighted by molar-refractivity contribution is 8.14. The zero-order valence-corrected chi connectivity index (χ0v) is 13.7. The Balaban J connectivity index is 1.72. The van der Waals surface area contributed by atoms with E-state index in [1.165, 1.54) is 11.0 Å². The predicted octanol–water partition coefficient (Wildman–Crippen LogP) is 2.90. The standard InChI is InChI=1S/C14H12Cl2N2O3S/c15-10-2-1-8(5-11(10)16)13(20)17-4-3-9(6-17)18-12(19)7-22-14(18)21/h1-2,5,9H,3-4,6-7H2. The maximum atomic E-state index is 12.5. The third-order valence-electron chi connectivity index (χ3n) is 3.77. The van der Waals surface area contributed by atoms with Crippen LogP contribution < -0.4 is 0 Å². The minimum atomic E-state index is -0.235. The van der Waals surface area contributed by atoms with E-state index >= 15 is 0 Å². The van der Waals surface area contributed by atoms with Gasteiger partial charge < -0.3 is 4.90 Å². The third-order valence-corrected chi connectivity index (χ3v) is 5.34. The topological polar surface area (TPSA) is 57.7 Å². The van der Waals surface area contributed by atoms with Crippen LogP contribution in [0.15, 0.2) is 18.2 Å². The van der Waals surface area contributed by atoms with Gasteiger partial charge in [-0.2, -0.15) is 0 Å². The van der Waals surface area contributed by atoms with Crippen LogP contribution in [0.3, 0.4) is 0 Å². The molecule has 116 valence electrons. The van der Waals surface area contributed by atoms with E-state index in [2.05, 4.69) is 0 Å². The molecule has 0 N–H and O–H groups in total. The molecule has 1 atom stereocenters. The van der Waals surface area contributed by atoms with Gasteiger partial charge in [0.15, 0.2) is 0 Å². The summed E-state index contributed by atoms with van der Waals surface area (Å²) in [4.78, 5) is 38.9. The Kier molecular flexibility index (Phi) is 4.34. The molecule has 3 amide bonds. The number of nitrogens with zero attached hydrogens (tertiary/aromatic N) is 2. The van der Waals surface area contributed by atoms with Crippen molar-refractivity contribution in [2.24, 2.45) is 0 Å². The molecule has 0 radical (unpaired) electrons. The number of halogens is 2. The Bertz CT molecular complexity index is 651. The van der Waals surface area contributed by atoms with Gasteiger partial charge in [0.2, 0.25) is 5.91 Å². The number of carbonyl (C=O) groups is 3. The van der Waals surface area contributed by atoms with E-state index in [-0.39, 0.29) is 28.8 Å². The van der Waals surface area contributed by atoms with Gasteiger partial charge in [-0.05, 0) is 24.6 Å². The van der Waals surface area contributed by atoms with E-state index in [1.54, 1.807) is 17.0 Å². The second-order valence-corrected chi connectivity index (χ2v) is 6.88. The molecule has 1 unspecified atom stereocenters. The van der Waals surface area contributed by atoms with Gasteiger partial charge in [0, 0.05) is 18.7 Å². The number of rotatable bonds is 2. The van der Waals surface area contributed by atoms with Crippen molar-refractivity contribution in [1.82, 2.24) is 9.80 Å². The molecular formula is C14H12Cl2N2O3S. The molecule has 8 heteroatoms. The number of likely N-dealkylation sites (tertiary alicyclic amines) is 1. The van der Waals surface area contributed by atoms with Crippen molar-refractivity contribution >= 4 is 52.0 Å². The van der Waals surface area contributed by atoms with Crippen molar-refractivity contribution in [3.63, 3.8) is 0 Å². The quantitative estimate of drug-likeness (QED) is 0.815. The first-order valence-corrected chi connectivity index (χ1v) is 8.44. The van der Waals surface area contributed by atoms with Gasteiger partial charge in [-0.25, -0.2) is 0 Å². The highest BCUT2D eigenvalue weighted by Crippen LogP contribution is 2.28. The summed E-state index contributed by atoms with van der Waals surface area (Å²) in [5, 5.41) is 0.492. The summed E-state index contributed by atoms with van der Waals surface area (Å²) in [5.41, 5.74) is 0.448. The lowest BCUT2D eigenvalue weighted by Gasteiger charge is -2.22. The van der Waals surface area contributed by atoms with Gasteiger partial charge in [-0.15, -0.1) is 0 Å². The van der Waals surface area contributed by atoms with Crippen LogP contribution in [-0.4, -0.2) is 51.7 Å². The Morgan fingerprint density at radius 1 is 1.23 bits per heavy atom. The number of thioether (sulfide) groups is 1. The van der Waals surface area contributed by atoms with Crippen molar-refractivity contribution in [3.8, 4) is 0 Å². The van der Waals surface area contributed by atoms with E-state index in [9.17, 15) is 14.4 Å². The molecule has 1 aromatic rings. The van der Waals surface area contributed by atoms with Crippen LogP contribution in [0.25, 0.3) is 0 Å². The van der Waals surface area contributed by atoms with Gasteiger partial charge in [-0.1, -0.05) is 35.0 Å². The number of amides is 3. The number of hydrogen-bond donors (Lipinski definition) is 0. The molecule has 0 aromatic heterocycles. The second kappa shape index (κ2) is 6.10. The molecule has 2 heterocycles. The van der Waals surface area contributed by atoms with Crippen LogP contribution >= 0.6 is 35.0 Å². The fraction of sp³-hybridized carbons (Fsp3) is 0.357. The maximum absolute atomic E-state index is 12.5. The maximum Gasteiger partial charge on any atom is 0.289 e. The summed E-state index contributed by atoms with van der Waals surface area (Å²) in [6.45, 7) is 0.864. The minimum absolute atomic E-state index is 0.173. The van der Waals surface area contributed by atoms with Gasteiger partial charge in [0.05, 0.1) is 21.8 Å². The molecule has 0 bridgehead atoms. The SMILES string of the molecule is O=C(c1ccc(Cl)c(Cl)c1)N1CCC(N2C(=O)CSC2=O)C1. The summed E-state index contributed by atoms with van der Waals surface area (Å²) in [5.74, 6) is -0.160. The Morgan fingerprint density at radius 3 is 2.64 bits per heavy atom. The molecule has 22 heavy (non-hydrogen) atoms. The lowest BCUT2D eigenvalue weighted by Crippen LogP contribution is -2.41. The van der Waals surface area contributed by atoms with Crippen molar-refractivity contribution in [1.29, 1.82) is 0 Å². The van der Waals surface area contributed by atoms with E-state index in [0.717, 1.165) is 11.8 Å². The minimum Gasteiger partial charge on any atom is -0.336 e. The van der Waals surface area contributed by atoms with Gasteiger partial charge in [-0.3, -0.25) is 19.3 Å². The first-order chi connectivity index (χ1) is 10.5. The zero-order valence-electron chi connectivity index (χ0n) is 11.4. The molecule has 2 aliphatic heterocycles. The van der Waals surface area contributed by atoms with Gasteiger partial charge in [0.25, 0.3) is 11.1 Å². The molecule has 3 rings (SSSR count). The van der Waals surface area contributed by atoms with E-state index in [1.807, 2.05) is 0 Å². The number of imide groups is 1. The molecule has 2 saturated heterocycles. The monoisotopic (exact) mass is 358 g/mol. The van der Waals surface area contributed by atoms with Crippen LogP contribution in [0.4, 0.5) is 4.79 Å². The number of carbonyl (C=O) groups excluding carboxylic acids is 3. The van der Waals surface area contributed by atoms with Crippen LogP contribution in [0.2, 0.25) is 10.0 Å². The Labute approximate surface area is 141 Å². The molecule has 0 saturated carbocycles. The van der Waals surface area contributed by atoms with Crippen molar-refractivity contribution in [2.75, 3.05) is 18.8 Å². The molecular weight excluding hydrogens is 347 g/mol. The van der Waals surface area contributed by atoms with Gasteiger partial charge >= 0.3 is 0 Å². The zero-order chi connectivity index (χ0) is 15.9. The van der Waals surface area contributed by atoms with Crippen molar-refractivity contribution < 1.29 is 14.4 Å². The summed E-state index contributed by atoms with van der Waals surface area (Å²) >= 11 is 12.8. The van der Waals surface area contributed by atoms with Crippen LogP contribution in [0.1, 0.15) is 16.8 Å². The average Bonchev–Trinajstić information content (AvgIpc) is 3.08. The molecule has 0 spiro atoms. The highest BCUT2D eigenvalue weighted by atomic mass is 35.5. The number of hydrogen-bond acceptors (Lipinski definition) is 4. The Hall–Kier alpha value is -1.24. The smallest absolute Gasteiger partial charge is 0.289 e. The molecule has 5 nitrogen and oxygen atoms in total. The van der Waals surface area contributed by atoms with Gasteiger partial charge in [0.1, 0.15) is 0 Å². The molecule has 2 fully saturated rings.